The van der Waals surface area contributed by atoms with Gasteiger partial charge in [0, 0.05) is 21.4 Å². The molecule has 5 nitrogen and oxygen atoms in total. The largest absolute Gasteiger partial charge is 0.339 e. The van der Waals surface area contributed by atoms with E-state index in [0.29, 0.717) is 21.6 Å². The zero-order chi connectivity index (χ0) is 17.8. The van der Waals surface area contributed by atoms with Gasteiger partial charge in [-0.15, -0.1) is 0 Å². The number of benzene rings is 2. The van der Waals surface area contributed by atoms with E-state index in [2.05, 4.69) is 20.6 Å². The minimum atomic E-state index is -0.356. The number of anilines is 3. The summed E-state index contributed by atoms with van der Waals surface area (Å²) < 4.78 is 0. The van der Waals surface area contributed by atoms with Crippen LogP contribution < -0.4 is 10.6 Å². The number of carbonyl (C=O) groups is 1. The van der Waals surface area contributed by atoms with Gasteiger partial charge in [0.25, 0.3) is 5.91 Å². The van der Waals surface area contributed by atoms with Crippen LogP contribution in [-0.4, -0.2) is 15.9 Å². The van der Waals surface area contributed by atoms with E-state index in [1.54, 1.807) is 24.3 Å². The SMILES string of the molecule is Cc1ccc(NC(=O)c2cnc(Nc3ccc(Cl)cc3)cn2)cc1Cl. The Bertz CT molecular complexity index is 896. The highest BCUT2D eigenvalue weighted by Crippen LogP contribution is 2.20. The monoisotopic (exact) mass is 372 g/mol. The maximum Gasteiger partial charge on any atom is 0.275 e. The van der Waals surface area contributed by atoms with Crippen LogP contribution in [0.5, 0.6) is 0 Å². The standard InChI is InChI=1S/C18H14Cl2N4O/c1-11-2-5-14(8-15(11)20)24-18(25)16-9-22-17(10-21-16)23-13-6-3-12(19)4-7-13/h2-10H,1H3,(H,22,23)(H,24,25). The van der Waals surface area contributed by atoms with E-state index in [1.165, 1.54) is 12.4 Å². The predicted molar refractivity (Wildman–Crippen MR) is 101 cm³/mol. The fraction of sp³-hybridized carbons (Fsp3) is 0.0556. The molecule has 0 aliphatic carbocycles. The quantitative estimate of drug-likeness (QED) is 0.669. The summed E-state index contributed by atoms with van der Waals surface area (Å²) in [4.78, 5) is 20.6. The van der Waals surface area contributed by atoms with E-state index >= 15 is 0 Å². The van der Waals surface area contributed by atoms with Gasteiger partial charge in [0.15, 0.2) is 0 Å². The molecule has 0 saturated heterocycles. The van der Waals surface area contributed by atoms with E-state index in [9.17, 15) is 4.79 Å². The Morgan fingerprint density at radius 2 is 1.68 bits per heavy atom. The molecule has 25 heavy (non-hydrogen) atoms. The van der Waals surface area contributed by atoms with Gasteiger partial charge in [-0.3, -0.25) is 4.79 Å². The zero-order valence-corrected chi connectivity index (χ0v) is 14.8. The Labute approximate surface area is 155 Å². The first kappa shape index (κ1) is 17.2. The summed E-state index contributed by atoms with van der Waals surface area (Å²) in [6.45, 7) is 1.89. The second-order valence-corrected chi connectivity index (χ2v) is 6.18. The normalized spacial score (nSPS) is 10.4. The lowest BCUT2D eigenvalue weighted by Gasteiger charge is -2.08. The van der Waals surface area contributed by atoms with Gasteiger partial charge in [0.2, 0.25) is 0 Å². The van der Waals surface area contributed by atoms with Crippen LogP contribution in [0.3, 0.4) is 0 Å². The number of aromatic nitrogens is 2. The van der Waals surface area contributed by atoms with Gasteiger partial charge in [-0.2, -0.15) is 0 Å². The van der Waals surface area contributed by atoms with Crippen molar-refractivity contribution in [3.63, 3.8) is 0 Å². The summed E-state index contributed by atoms with van der Waals surface area (Å²) in [6.07, 6.45) is 2.90. The molecule has 3 rings (SSSR count). The molecule has 1 aromatic heterocycles. The van der Waals surface area contributed by atoms with Gasteiger partial charge >= 0.3 is 0 Å². The zero-order valence-electron chi connectivity index (χ0n) is 13.3. The van der Waals surface area contributed by atoms with Gasteiger partial charge in [0.05, 0.1) is 12.4 Å². The highest BCUT2D eigenvalue weighted by Gasteiger charge is 2.09. The van der Waals surface area contributed by atoms with E-state index in [0.717, 1.165) is 11.3 Å². The molecule has 1 amide bonds. The average Bonchev–Trinajstić information content (AvgIpc) is 2.61. The molecule has 1 heterocycles. The van der Waals surface area contributed by atoms with Gasteiger partial charge in [-0.05, 0) is 48.9 Å². The summed E-state index contributed by atoms with van der Waals surface area (Å²) in [5.41, 5.74) is 2.58. The first-order valence-corrected chi connectivity index (χ1v) is 8.19. The smallest absolute Gasteiger partial charge is 0.275 e. The molecule has 3 aromatic rings. The molecule has 0 saturated carbocycles. The third kappa shape index (κ3) is 4.47. The second-order valence-electron chi connectivity index (χ2n) is 5.34. The summed E-state index contributed by atoms with van der Waals surface area (Å²) in [5.74, 6) is 0.169. The maximum absolute atomic E-state index is 12.2. The van der Waals surface area contributed by atoms with Crippen LogP contribution in [0.1, 0.15) is 16.1 Å². The van der Waals surface area contributed by atoms with Crippen molar-refractivity contribution in [2.24, 2.45) is 0 Å². The van der Waals surface area contributed by atoms with Crippen molar-refractivity contribution in [3.8, 4) is 0 Å². The number of hydrogen-bond acceptors (Lipinski definition) is 4. The Morgan fingerprint density at radius 1 is 0.960 bits per heavy atom. The first-order valence-electron chi connectivity index (χ1n) is 7.43. The average molecular weight is 373 g/mol. The molecule has 0 aliphatic heterocycles. The number of hydrogen-bond donors (Lipinski definition) is 2. The highest BCUT2D eigenvalue weighted by atomic mass is 35.5. The van der Waals surface area contributed by atoms with Crippen LogP contribution >= 0.6 is 23.2 Å². The summed E-state index contributed by atoms with van der Waals surface area (Å²) in [6, 6.07) is 12.5. The molecule has 0 fully saturated rings. The molecule has 2 N–H and O–H groups in total. The number of nitrogens with zero attached hydrogens (tertiary/aromatic N) is 2. The second kappa shape index (κ2) is 7.51. The minimum Gasteiger partial charge on any atom is -0.339 e. The number of halogens is 2. The van der Waals surface area contributed by atoms with Gasteiger partial charge in [-0.1, -0.05) is 29.3 Å². The Morgan fingerprint density at radius 3 is 2.32 bits per heavy atom. The number of amides is 1. The number of rotatable bonds is 4. The first-order chi connectivity index (χ1) is 12.0. The Kier molecular flexibility index (Phi) is 5.16. The van der Waals surface area contributed by atoms with Crippen molar-refractivity contribution >= 4 is 46.3 Å². The van der Waals surface area contributed by atoms with Crippen LogP contribution in [0.15, 0.2) is 54.9 Å². The lowest BCUT2D eigenvalue weighted by molar-refractivity contribution is 0.102. The fourth-order valence-electron chi connectivity index (χ4n) is 2.06. The molecule has 126 valence electrons. The molecule has 0 radical (unpaired) electrons. The van der Waals surface area contributed by atoms with Crippen LogP contribution in [0.25, 0.3) is 0 Å². The van der Waals surface area contributed by atoms with E-state index in [-0.39, 0.29) is 11.6 Å². The molecule has 0 bridgehead atoms. The van der Waals surface area contributed by atoms with Crippen molar-refractivity contribution in [3.05, 3.63) is 76.2 Å². The molecule has 0 unspecified atom stereocenters. The lowest BCUT2D eigenvalue weighted by atomic mass is 10.2. The van der Waals surface area contributed by atoms with Crippen molar-refractivity contribution in [1.82, 2.24) is 9.97 Å². The fourth-order valence-corrected chi connectivity index (χ4v) is 2.36. The van der Waals surface area contributed by atoms with Gasteiger partial charge < -0.3 is 10.6 Å². The summed E-state index contributed by atoms with van der Waals surface area (Å²) in [7, 11) is 0. The van der Waals surface area contributed by atoms with Crippen molar-refractivity contribution < 1.29 is 4.79 Å². The van der Waals surface area contributed by atoms with Crippen LogP contribution in [0, 0.1) is 6.92 Å². The molecule has 2 aromatic carbocycles. The van der Waals surface area contributed by atoms with Crippen LogP contribution in [0.4, 0.5) is 17.2 Å². The Hall–Kier alpha value is -2.63. The van der Waals surface area contributed by atoms with Gasteiger partial charge in [0.1, 0.15) is 11.5 Å². The third-order valence-electron chi connectivity index (χ3n) is 3.43. The summed E-state index contributed by atoms with van der Waals surface area (Å²) >= 11 is 11.9. The summed E-state index contributed by atoms with van der Waals surface area (Å²) in [5, 5.41) is 7.06. The van der Waals surface area contributed by atoms with Gasteiger partial charge in [-0.25, -0.2) is 9.97 Å². The van der Waals surface area contributed by atoms with E-state index in [1.807, 2.05) is 25.1 Å². The van der Waals surface area contributed by atoms with Crippen LogP contribution in [0.2, 0.25) is 10.0 Å². The predicted octanol–water partition coefficient (Wildman–Crippen LogP) is 5.09. The number of nitrogens with one attached hydrogen (secondary N) is 2. The lowest BCUT2D eigenvalue weighted by Crippen LogP contribution is -2.14. The molecule has 7 heteroatoms. The third-order valence-corrected chi connectivity index (χ3v) is 4.09. The van der Waals surface area contributed by atoms with Crippen molar-refractivity contribution in [2.75, 3.05) is 10.6 Å². The highest BCUT2D eigenvalue weighted by molar-refractivity contribution is 6.31. The maximum atomic E-state index is 12.2. The van der Waals surface area contributed by atoms with Crippen LogP contribution in [-0.2, 0) is 0 Å². The molecule has 0 atom stereocenters. The number of carbonyl (C=O) groups excluding carboxylic acids is 1. The molecular formula is C18H14Cl2N4O. The topological polar surface area (TPSA) is 66.9 Å². The number of aryl methyl sites for hydroxylation is 1. The van der Waals surface area contributed by atoms with E-state index < -0.39 is 0 Å². The van der Waals surface area contributed by atoms with E-state index in [4.69, 9.17) is 23.2 Å². The minimum absolute atomic E-state index is 0.207. The van der Waals surface area contributed by atoms with Crippen molar-refractivity contribution in [1.29, 1.82) is 0 Å². The molecule has 0 spiro atoms. The Balaban J connectivity index is 1.67. The van der Waals surface area contributed by atoms with Crippen molar-refractivity contribution in [2.45, 2.75) is 6.92 Å². The molecule has 0 aliphatic rings. The molecular weight excluding hydrogens is 359 g/mol.